The van der Waals surface area contributed by atoms with Gasteiger partial charge in [0.2, 0.25) is 0 Å². The van der Waals surface area contributed by atoms with Crippen molar-refractivity contribution in [3.63, 3.8) is 0 Å². The minimum Gasteiger partial charge on any atom is -0.346 e. The number of likely N-dealkylation sites (N-methyl/N-ethyl adjacent to an activating group) is 1. The molecular weight excluding hydrogens is 498 g/mol. The lowest BCUT2D eigenvalue weighted by atomic mass is 10.1. The van der Waals surface area contributed by atoms with Crippen LogP contribution in [0, 0.1) is 0 Å². The van der Waals surface area contributed by atoms with Crippen molar-refractivity contribution >= 4 is 57.8 Å². The summed E-state index contributed by atoms with van der Waals surface area (Å²) in [6.45, 7) is 1.72. The highest BCUT2D eigenvalue weighted by atomic mass is 35.5. The second-order valence-corrected chi connectivity index (χ2v) is 10.00. The molecule has 1 aliphatic heterocycles. The van der Waals surface area contributed by atoms with Crippen LogP contribution in [0.15, 0.2) is 29.2 Å². The van der Waals surface area contributed by atoms with Crippen molar-refractivity contribution in [2.45, 2.75) is 25.4 Å². The number of nitrogens with one attached hydrogen (secondary N) is 3. The lowest BCUT2D eigenvalue weighted by Crippen LogP contribution is -2.47. The first-order valence-electron chi connectivity index (χ1n) is 10.4. The molecule has 0 bridgehead atoms. The van der Waals surface area contributed by atoms with E-state index in [4.69, 9.17) is 11.6 Å². The van der Waals surface area contributed by atoms with E-state index in [0.29, 0.717) is 16.5 Å². The molecule has 3 aromatic rings. The van der Waals surface area contributed by atoms with Crippen LogP contribution in [0.3, 0.4) is 0 Å². The molecule has 3 N–H and O–H groups in total. The zero-order chi connectivity index (χ0) is 24.1. The van der Waals surface area contributed by atoms with Crippen LogP contribution in [0.25, 0.3) is 0 Å². The van der Waals surface area contributed by atoms with Crippen LogP contribution in [0.1, 0.15) is 26.1 Å². The molecule has 0 spiro atoms. The van der Waals surface area contributed by atoms with Crippen LogP contribution < -0.4 is 16.0 Å². The Morgan fingerprint density at radius 1 is 1.24 bits per heavy atom. The topological polar surface area (TPSA) is 129 Å². The van der Waals surface area contributed by atoms with Crippen LogP contribution in [0.4, 0.5) is 5.82 Å². The van der Waals surface area contributed by atoms with Crippen molar-refractivity contribution in [3.8, 4) is 0 Å². The summed E-state index contributed by atoms with van der Waals surface area (Å²) in [6, 6.07) is 2.56. The minimum atomic E-state index is -0.870. The summed E-state index contributed by atoms with van der Waals surface area (Å²) in [6.07, 6.45) is 2.57. The van der Waals surface area contributed by atoms with Gasteiger partial charge in [-0.2, -0.15) is 0 Å². The van der Waals surface area contributed by atoms with Crippen LogP contribution in [-0.2, 0) is 29.0 Å². The second kappa shape index (κ2) is 11.0. The molecule has 34 heavy (non-hydrogen) atoms. The highest BCUT2D eigenvalue weighted by Gasteiger charge is 2.24. The summed E-state index contributed by atoms with van der Waals surface area (Å²) in [4.78, 5) is 53.4. The van der Waals surface area contributed by atoms with Crippen molar-refractivity contribution in [3.05, 3.63) is 55.5 Å². The van der Waals surface area contributed by atoms with E-state index in [2.05, 4.69) is 35.8 Å². The van der Waals surface area contributed by atoms with Gasteiger partial charge in [0.25, 0.3) is 5.91 Å². The Hall–Kier alpha value is -2.93. The number of pyridine rings is 1. The van der Waals surface area contributed by atoms with Crippen molar-refractivity contribution in [1.29, 1.82) is 0 Å². The number of nitrogens with zero attached hydrogens (tertiary/aromatic N) is 4. The van der Waals surface area contributed by atoms with Gasteiger partial charge in [-0.25, -0.2) is 15.0 Å². The fourth-order valence-electron chi connectivity index (χ4n) is 3.35. The average Bonchev–Trinajstić information content (AvgIpc) is 3.48. The third-order valence-electron chi connectivity index (χ3n) is 5.07. The predicted octanol–water partition coefficient (Wildman–Crippen LogP) is 1.73. The van der Waals surface area contributed by atoms with Crippen molar-refractivity contribution in [2.75, 3.05) is 25.5 Å². The third-order valence-corrected chi connectivity index (χ3v) is 7.01. The van der Waals surface area contributed by atoms with E-state index in [1.807, 2.05) is 12.4 Å². The molecule has 4 rings (SSSR count). The van der Waals surface area contributed by atoms with E-state index in [1.165, 1.54) is 34.9 Å². The number of amides is 3. The van der Waals surface area contributed by atoms with E-state index >= 15 is 0 Å². The largest absolute Gasteiger partial charge is 0.346 e. The number of fused-ring (bicyclic) bond motifs is 1. The molecule has 10 nitrogen and oxygen atoms in total. The molecule has 0 fully saturated rings. The SMILES string of the molecule is CN1CCc2nc(C(=O)NC(CNC(=O)C(=O)Nc3ccc(Cl)cn3)Cc3cscn3)sc2C1. The fraction of sp³-hybridized carbons (Fsp3) is 0.333. The first kappa shape index (κ1) is 24.2. The van der Waals surface area contributed by atoms with Gasteiger partial charge in [-0.05, 0) is 19.2 Å². The van der Waals surface area contributed by atoms with Gasteiger partial charge in [-0.1, -0.05) is 11.6 Å². The third kappa shape index (κ3) is 6.35. The molecule has 178 valence electrons. The number of halogens is 1. The summed E-state index contributed by atoms with van der Waals surface area (Å²) in [5.74, 6) is -1.83. The van der Waals surface area contributed by atoms with Crippen molar-refractivity contribution in [1.82, 2.24) is 30.5 Å². The Balaban J connectivity index is 1.37. The highest BCUT2D eigenvalue weighted by molar-refractivity contribution is 7.13. The molecule has 4 heterocycles. The quantitative estimate of drug-likeness (QED) is 0.405. The number of rotatable bonds is 7. The van der Waals surface area contributed by atoms with E-state index in [9.17, 15) is 14.4 Å². The van der Waals surface area contributed by atoms with Gasteiger partial charge in [0.05, 0.1) is 28.0 Å². The monoisotopic (exact) mass is 519 g/mol. The molecule has 0 saturated heterocycles. The van der Waals surface area contributed by atoms with Gasteiger partial charge in [-0.3, -0.25) is 14.4 Å². The van der Waals surface area contributed by atoms with Crippen molar-refractivity contribution < 1.29 is 14.4 Å². The summed E-state index contributed by atoms with van der Waals surface area (Å²) in [7, 11) is 2.04. The Bertz CT molecular complexity index is 1170. The molecule has 0 radical (unpaired) electrons. The minimum absolute atomic E-state index is 0.0391. The van der Waals surface area contributed by atoms with Gasteiger partial charge < -0.3 is 20.9 Å². The van der Waals surface area contributed by atoms with Crippen LogP contribution in [-0.4, -0.2) is 63.8 Å². The summed E-state index contributed by atoms with van der Waals surface area (Å²) < 4.78 is 0. The first-order valence-corrected chi connectivity index (χ1v) is 12.6. The number of carbonyl (C=O) groups is 3. The Morgan fingerprint density at radius 2 is 2.09 bits per heavy atom. The second-order valence-electron chi connectivity index (χ2n) is 7.76. The molecule has 0 saturated carbocycles. The number of carbonyl (C=O) groups excluding carboxylic acids is 3. The molecule has 1 unspecified atom stereocenters. The molecule has 1 aliphatic rings. The smallest absolute Gasteiger partial charge is 0.314 e. The molecule has 3 aromatic heterocycles. The molecule has 0 aromatic carbocycles. The molecular formula is C21H22ClN7O3S2. The maximum absolute atomic E-state index is 12.9. The average molecular weight is 520 g/mol. The Morgan fingerprint density at radius 3 is 2.82 bits per heavy atom. The van der Waals surface area contributed by atoms with Crippen molar-refractivity contribution in [2.24, 2.45) is 0 Å². The Labute approximate surface area is 208 Å². The van der Waals surface area contributed by atoms with E-state index < -0.39 is 17.9 Å². The Kier molecular flexibility index (Phi) is 7.83. The maximum atomic E-state index is 12.9. The lowest BCUT2D eigenvalue weighted by molar-refractivity contribution is -0.136. The summed E-state index contributed by atoms with van der Waals surface area (Å²) in [5.41, 5.74) is 3.44. The number of hydrogen-bond donors (Lipinski definition) is 3. The number of anilines is 1. The summed E-state index contributed by atoms with van der Waals surface area (Å²) in [5, 5.41) is 10.6. The zero-order valence-electron chi connectivity index (χ0n) is 18.2. The van der Waals surface area contributed by atoms with Gasteiger partial charge in [0.15, 0.2) is 5.01 Å². The van der Waals surface area contributed by atoms with Crippen LogP contribution in [0.2, 0.25) is 5.02 Å². The highest BCUT2D eigenvalue weighted by Crippen LogP contribution is 2.24. The van der Waals surface area contributed by atoms with Gasteiger partial charge in [0, 0.05) is 48.9 Å². The zero-order valence-corrected chi connectivity index (χ0v) is 20.6. The lowest BCUT2D eigenvalue weighted by Gasteiger charge is -2.20. The molecule has 0 aliphatic carbocycles. The van der Waals surface area contributed by atoms with Crippen LogP contribution in [0.5, 0.6) is 0 Å². The molecule has 13 heteroatoms. The standard InChI is InChI=1S/C21H22ClN7O3S2/c1-29-5-4-15-16(9-29)34-21(27-15)20(32)26-13(6-14-10-33-11-25-14)8-24-18(30)19(31)28-17-3-2-12(22)7-23-17/h2-3,7,10-11,13H,4-6,8-9H2,1H3,(H,24,30)(H,26,32)(H,23,28,31). The van der Waals surface area contributed by atoms with Gasteiger partial charge in [-0.15, -0.1) is 22.7 Å². The fourth-order valence-corrected chi connectivity index (χ4v) is 5.13. The molecule has 3 amide bonds. The number of hydrogen-bond acceptors (Lipinski definition) is 9. The number of aromatic nitrogens is 3. The van der Waals surface area contributed by atoms with Gasteiger partial charge >= 0.3 is 11.8 Å². The van der Waals surface area contributed by atoms with Gasteiger partial charge in [0.1, 0.15) is 5.82 Å². The molecule has 1 atom stereocenters. The van der Waals surface area contributed by atoms with Crippen LogP contribution >= 0.6 is 34.3 Å². The van der Waals surface area contributed by atoms with E-state index in [-0.39, 0.29) is 18.3 Å². The number of thiazole rings is 2. The van der Waals surface area contributed by atoms with E-state index in [0.717, 1.165) is 35.8 Å². The van der Waals surface area contributed by atoms with E-state index in [1.54, 1.807) is 11.6 Å². The normalized spacial score (nSPS) is 14.2. The summed E-state index contributed by atoms with van der Waals surface area (Å²) >= 11 is 8.60. The maximum Gasteiger partial charge on any atom is 0.314 e. The first-order chi connectivity index (χ1) is 16.4. The predicted molar refractivity (Wildman–Crippen MR) is 130 cm³/mol.